The molecular formula is C14H21NO4Si. The van der Waals surface area contributed by atoms with Gasteiger partial charge in [-0.15, -0.1) is 0 Å². The normalized spacial score (nSPS) is 12.8. The Morgan fingerprint density at radius 2 is 1.90 bits per heavy atom. The van der Waals surface area contributed by atoms with Crippen molar-refractivity contribution in [2.75, 3.05) is 6.54 Å². The summed E-state index contributed by atoms with van der Waals surface area (Å²) in [7, 11) is -1.76. The molecule has 5 nitrogen and oxygen atoms in total. The first-order valence-corrected chi connectivity index (χ1v) is 10.2. The summed E-state index contributed by atoms with van der Waals surface area (Å²) in [6.45, 7) is 6.16. The Hall–Kier alpha value is -1.69. The fraction of sp³-hybridized carbons (Fsp3) is 0.500. The Bertz CT molecular complexity index is 456. The van der Waals surface area contributed by atoms with E-state index in [4.69, 9.17) is 4.74 Å². The first kappa shape index (κ1) is 16.4. The Kier molecular flexibility index (Phi) is 5.88. The van der Waals surface area contributed by atoms with Crippen LogP contribution in [-0.4, -0.2) is 25.5 Å². The molecule has 0 heterocycles. The zero-order valence-electron chi connectivity index (χ0n) is 12.2. The highest BCUT2D eigenvalue weighted by Gasteiger charge is 2.33. The molecule has 0 aromatic heterocycles. The first-order chi connectivity index (χ1) is 9.29. The molecule has 0 fully saturated rings. The Morgan fingerprint density at radius 3 is 2.40 bits per heavy atom. The number of hydrogen-bond donors (Lipinski definition) is 0. The van der Waals surface area contributed by atoms with Crippen molar-refractivity contribution in [1.29, 1.82) is 0 Å². The molecule has 1 unspecified atom stereocenters. The number of nitrogens with zero attached hydrogens (tertiary/aromatic N) is 1. The largest absolute Gasteiger partial charge is 0.461 e. The molecule has 110 valence electrons. The molecule has 0 saturated heterocycles. The average molecular weight is 295 g/mol. The van der Waals surface area contributed by atoms with Gasteiger partial charge in [-0.3, -0.25) is 14.9 Å². The molecule has 1 atom stereocenters. The van der Waals surface area contributed by atoms with Crippen molar-refractivity contribution in [3.8, 4) is 0 Å². The van der Waals surface area contributed by atoms with E-state index in [2.05, 4.69) is 0 Å². The molecule has 0 aliphatic carbocycles. The van der Waals surface area contributed by atoms with Gasteiger partial charge in [0.15, 0.2) is 0 Å². The molecule has 0 aliphatic rings. The SMILES string of the molecule is C[Si](C)(C)C(CC(=O)OCc1ccccc1)C[N+](=O)[O-]. The highest BCUT2D eigenvalue weighted by Crippen LogP contribution is 2.26. The van der Waals surface area contributed by atoms with Crippen molar-refractivity contribution in [3.05, 3.63) is 46.0 Å². The third kappa shape index (κ3) is 5.97. The van der Waals surface area contributed by atoms with Crippen LogP contribution in [0.4, 0.5) is 0 Å². The Balaban J connectivity index is 2.52. The molecule has 0 amide bonds. The minimum Gasteiger partial charge on any atom is -0.461 e. The van der Waals surface area contributed by atoms with Gasteiger partial charge in [0.25, 0.3) is 0 Å². The Labute approximate surface area is 120 Å². The third-order valence-corrected chi connectivity index (χ3v) is 6.09. The quantitative estimate of drug-likeness (QED) is 0.335. The second-order valence-electron chi connectivity index (χ2n) is 5.93. The maximum Gasteiger partial charge on any atom is 0.306 e. The topological polar surface area (TPSA) is 69.4 Å². The summed E-state index contributed by atoms with van der Waals surface area (Å²) in [6.07, 6.45) is 0.129. The van der Waals surface area contributed by atoms with Crippen LogP contribution in [0.25, 0.3) is 0 Å². The Morgan fingerprint density at radius 1 is 1.30 bits per heavy atom. The zero-order chi connectivity index (χ0) is 15.2. The van der Waals surface area contributed by atoms with Crippen molar-refractivity contribution in [3.63, 3.8) is 0 Å². The minimum absolute atomic E-state index is 0.129. The molecule has 20 heavy (non-hydrogen) atoms. The van der Waals surface area contributed by atoms with E-state index in [0.29, 0.717) is 0 Å². The number of carbonyl (C=O) groups excluding carboxylic acids is 1. The molecule has 0 N–H and O–H groups in total. The lowest BCUT2D eigenvalue weighted by atomic mass is 10.2. The van der Waals surface area contributed by atoms with Crippen LogP contribution in [0.3, 0.4) is 0 Å². The van der Waals surface area contributed by atoms with Crippen LogP contribution in [0.1, 0.15) is 12.0 Å². The summed E-state index contributed by atoms with van der Waals surface area (Å²) >= 11 is 0. The van der Waals surface area contributed by atoms with Crippen molar-refractivity contribution in [1.82, 2.24) is 0 Å². The van der Waals surface area contributed by atoms with Gasteiger partial charge in [-0.05, 0) is 5.56 Å². The predicted molar refractivity (Wildman–Crippen MR) is 79.8 cm³/mol. The molecule has 0 spiro atoms. The van der Waals surface area contributed by atoms with Crippen LogP contribution < -0.4 is 0 Å². The van der Waals surface area contributed by atoms with E-state index in [-0.39, 0.29) is 36.0 Å². The predicted octanol–water partition coefficient (Wildman–Crippen LogP) is 3.11. The van der Waals surface area contributed by atoms with E-state index in [9.17, 15) is 14.9 Å². The second kappa shape index (κ2) is 7.19. The number of carbonyl (C=O) groups is 1. The van der Waals surface area contributed by atoms with E-state index < -0.39 is 8.07 Å². The van der Waals surface area contributed by atoms with Crippen molar-refractivity contribution in [2.45, 2.75) is 38.2 Å². The fourth-order valence-corrected chi connectivity index (χ4v) is 3.30. The second-order valence-corrected chi connectivity index (χ2v) is 11.5. The van der Waals surface area contributed by atoms with Crippen LogP contribution in [0.2, 0.25) is 25.2 Å². The number of benzene rings is 1. The van der Waals surface area contributed by atoms with E-state index in [1.807, 2.05) is 50.0 Å². The van der Waals surface area contributed by atoms with Crippen LogP contribution in [-0.2, 0) is 16.1 Å². The summed E-state index contributed by atoms with van der Waals surface area (Å²) in [5.74, 6) is -0.358. The van der Waals surface area contributed by atoms with Gasteiger partial charge in [-0.25, -0.2) is 0 Å². The van der Waals surface area contributed by atoms with Gasteiger partial charge >= 0.3 is 5.97 Å². The van der Waals surface area contributed by atoms with E-state index in [1.54, 1.807) is 0 Å². The zero-order valence-corrected chi connectivity index (χ0v) is 13.2. The summed E-state index contributed by atoms with van der Waals surface area (Å²) < 4.78 is 5.20. The number of esters is 1. The smallest absolute Gasteiger partial charge is 0.306 e. The van der Waals surface area contributed by atoms with E-state index >= 15 is 0 Å². The minimum atomic E-state index is -1.76. The summed E-state index contributed by atoms with van der Waals surface area (Å²) in [5, 5.41) is 10.7. The molecule has 1 aromatic carbocycles. The van der Waals surface area contributed by atoms with Crippen LogP contribution in [0.5, 0.6) is 0 Å². The molecule has 0 aliphatic heterocycles. The summed E-state index contributed by atoms with van der Waals surface area (Å²) in [6, 6.07) is 9.39. The van der Waals surface area contributed by atoms with Crippen LogP contribution in [0.15, 0.2) is 30.3 Å². The lowest BCUT2D eigenvalue weighted by molar-refractivity contribution is -0.480. The van der Waals surface area contributed by atoms with Gasteiger partial charge < -0.3 is 4.74 Å². The molecule has 1 rings (SSSR count). The first-order valence-electron chi connectivity index (χ1n) is 6.60. The number of hydrogen-bond acceptors (Lipinski definition) is 4. The maximum atomic E-state index is 11.8. The van der Waals surface area contributed by atoms with Gasteiger partial charge in [0.1, 0.15) is 6.61 Å². The van der Waals surface area contributed by atoms with Gasteiger partial charge in [-0.1, -0.05) is 50.0 Å². The van der Waals surface area contributed by atoms with Gasteiger partial charge in [0.05, 0.1) is 14.5 Å². The molecular weight excluding hydrogens is 274 g/mol. The summed E-state index contributed by atoms with van der Waals surface area (Å²) in [4.78, 5) is 22.2. The number of ether oxygens (including phenoxy) is 1. The summed E-state index contributed by atoms with van der Waals surface area (Å²) in [5.41, 5.74) is 0.723. The molecule has 6 heteroatoms. The number of nitro groups is 1. The van der Waals surface area contributed by atoms with E-state index in [1.165, 1.54) is 0 Å². The highest BCUT2D eigenvalue weighted by molar-refractivity contribution is 6.77. The van der Waals surface area contributed by atoms with Crippen LogP contribution in [0, 0.1) is 10.1 Å². The van der Waals surface area contributed by atoms with Crippen molar-refractivity contribution < 1.29 is 14.5 Å². The third-order valence-electron chi connectivity index (χ3n) is 3.25. The van der Waals surface area contributed by atoms with Gasteiger partial charge in [0, 0.05) is 10.5 Å². The fourth-order valence-electron chi connectivity index (χ4n) is 1.82. The lowest BCUT2D eigenvalue weighted by Crippen LogP contribution is -2.34. The van der Waals surface area contributed by atoms with Crippen LogP contribution >= 0.6 is 0 Å². The molecule has 0 radical (unpaired) electrons. The maximum absolute atomic E-state index is 11.8. The lowest BCUT2D eigenvalue weighted by Gasteiger charge is -2.24. The standard InChI is InChI=1S/C14H21NO4Si/c1-20(2,3)13(10-15(17)18)9-14(16)19-11-12-7-5-4-6-8-12/h4-8,13H,9-11H2,1-3H3. The molecule has 0 saturated carbocycles. The van der Waals surface area contributed by atoms with Gasteiger partial charge in [-0.2, -0.15) is 0 Å². The number of rotatable bonds is 7. The monoisotopic (exact) mass is 295 g/mol. The molecule has 0 bridgehead atoms. The highest BCUT2D eigenvalue weighted by atomic mass is 28.3. The van der Waals surface area contributed by atoms with E-state index in [0.717, 1.165) is 5.56 Å². The van der Waals surface area contributed by atoms with Crippen molar-refractivity contribution >= 4 is 14.0 Å². The van der Waals surface area contributed by atoms with Crippen molar-refractivity contribution in [2.24, 2.45) is 0 Å². The average Bonchev–Trinajstić information content (AvgIpc) is 2.35. The molecule has 1 aromatic rings. The van der Waals surface area contributed by atoms with Gasteiger partial charge in [0.2, 0.25) is 6.54 Å².